The van der Waals surface area contributed by atoms with Crippen molar-refractivity contribution in [3.8, 4) is 0 Å². The van der Waals surface area contributed by atoms with E-state index < -0.39 is 0 Å². The third kappa shape index (κ3) is 3.42. The standard InChI is InChI=1S/C13H13Cl2N3OS/c1-7(13-17-2-3-20-13)6-18-12(19)8-4-9(14)11(16)10(15)5-8/h2-5,7H,6,16H2,1H3,(H,18,19). The summed E-state index contributed by atoms with van der Waals surface area (Å²) < 4.78 is 0. The number of hydrogen-bond donors (Lipinski definition) is 2. The lowest BCUT2D eigenvalue weighted by Crippen LogP contribution is -2.27. The Hall–Kier alpha value is -1.30. The molecule has 1 amide bonds. The molecule has 1 heterocycles. The van der Waals surface area contributed by atoms with Gasteiger partial charge in [0.1, 0.15) is 0 Å². The van der Waals surface area contributed by atoms with E-state index in [2.05, 4.69) is 10.3 Å². The van der Waals surface area contributed by atoms with Gasteiger partial charge in [-0.15, -0.1) is 11.3 Å². The Bertz CT molecular complexity index is 593. The molecule has 0 aliphatic heterocycles. The molecule has 4 nitrogen and oxygen atoms in total. The molecular formula is C13H13Cl2N3OS. The molecule has 0 fully saturated rings. The first-order valence-electron chi connectivity index (χ1n) is 5.91. The molecule has 0 saturated carbocycles. The van der Waals surface area contributed by atoms with Crippen LogP contribution in [-0.4, -0.2) is 17.4 Å². The second kappa shape index (κ2) is 6.43. The van der Waals surface area contributed by atoms with Crippen molar-refractivity contribution in [2.45, 2.75) is 12.8 Å². The van der Waals surface area contributed by atoms with Gasteiger partial charge in [0, 0.05) is 29.6 Å². The lowest BCUT2D eigenvalue weighted by atomic mass is 10.1. The highest BCUT2D eigenvalue weighted by molar-refractivity contribution is 7.09. The average molecular weight is 330 g/mol. The summed E-state index contributed by atoms with van der Waals surface area (Å²) in [6.07, 6.45) is 1.75. The monoisotopic (exact) mass is 329 g/mol. The SMILES string of the molecule is CC(CNC(=O)c1cc(Cl)c(N)c(Cl)c1)c1nccs1. The predicted octanol–water partition coefficient (Wildman–Crippen LogP) is 3.57. The number of nitrogens with one attached hydrogen (secondary N) is 1. The van der Waals surface area contributed by atoms with Gasteiger partial charge < -0.3 is 11.1 Å². The fraction of sp³-hybridized carbons (Fsp3) is 0.231. The molecule has 0 aliphatic rings. The molecule has 20 heavy (non-hydrogen) atoms. The van der Waals surface area contributed by atoms with Crippen LogP contribution in [0.2, 0.25) is 10.0 Å². The smallest absolute Gasteiger partial charge is 0.251 e. The van der Waals surface area contributed by atoms with Gasteiger partial charge in [0.15, 0.2) is 0 Å². The number of carbonyl (C=O) groups is 1. The first-order valence-corrected chi connectivity index (χ1v) is 7.54. The molecular weight excluding hydrogens is 317 g/mol. The summed E-state index contributed by atoms with van der Waals surface area (Å²) in [6, 6.07) is 3.01. The minimum absolute atomic E-state index is 0.152. The maximum Gasteiger partial charge on any atom is 0.251 e. The van der Waals surface area contributed by atoms with Crippen molar-refractivity contribution < 1.29 is 4.79 Å². The van der Waals surface area contributed by atoms with E-state index in [9.17, 15) is 4.79 Å². The van der Waals surface area contributed by atoms with E-state index in [1.165, 1.54) is 12.1 Å². The summed E-state index contributed by atoms with van der Waals surface area (Å²) >= 11 is 13.4. The number of nitrogens with two attached hydrogens (primary N) is 1. The third-order valence-electron chi connectivity index (χ3n) is 2.78. The molecule has 7 heteroatoms. The molecule has 3 N–H and O–H groups in total. The molecule has 0 saturated heterocycles. The Morgan fingerprint density at radius 2 is 2.10 bits per heavy atom. The number of thiazole rings is 1. The summed E-state index contributed by atoms with van der Waals surface area (Å²) in [4.78, 5) is 16.3. The Morgan fingerprint density at radius 1 is 1.45 bits per heavy atom. The number of anilines is 1. The molecule has 0 aliphatic carbocycles. The summed E-state index contributed by atoms with van der Waals surface area (Å²) in [5.74, 6) is -0.0871. The number of amides is 1. The molecule has 0 spiro atoms. The van der Waals surface area contributed by atoms with Crippen molar-refractivity contribution in [1.29, 1.82) is 0 Å². The van der Waals surface area contributed by atoms with Crippen LogP contribution in [0.25, 0.3) is 0 Å². The highest BCUT2D eigenvalue weighted by Gasteiger charge is 2.13. The topological polar surface area (TPSA) is 68.0 Å². The van der Waals surface area contributed by atoms with Gasteiger partial charge in [0.2, 0.25) is 0 Å². The van der Waals surface area contributed by atoms with Crippen LogP contribution in [0.4, 0.5) is 5.69 Å². The second-order valence-corrected chi connectivity index (χ2v) is 6.08. The largest absolute Gasteiger partial charge is 0.396 e. The highest BCUT2D eigenvalue weighted by Crippen LogP contribution is 2.28. The van der Waals surface area contributed by atoms with Gasteiger partial charge in [-0.3, -0.25) is 4.79 Å². The lowest BCUT2D eigenvalue weighted by molar-refractivity contribution is 0.0951. The maximum atomic E-state index is 12.0. The number of nitrogens with zero attached hydrogens (tertiary/aromatic N) is 1. The predicted molar refractivity (Wildman–Crippen MR) is 83.7 cm³/mol. The Balaban J connectivity index is 2.02. The molecule has 1 unspecified atom stereocenters. The van der Waals surface area contributed by atoms with E-state index in [-0.39, 0.29) is 27.6 Å². The van der Waals surface area contributed by atoms with E-state index in [0.29, 0.717) is 12.1 Å². The normalized spacial score (nSPS) is 12.2. The van der Waals surface area contributed by atoms with Gasteiger partial charge in [0.05, 0.1) is 20.7 Å². The Labute approximate surface area is 130 Å². The summed E-state index contributed by atoms with van der Waals surface area (Å²) in [7, 11) is 0. The first kappa shape index (κ1) is 15.1. The van der Waals surface area contributed by atoms with Gasteiger partial charge in [-0.1, -0.05) is 30.1 Å². The van der Waals surface area contributed by atoms with Crippen molar-refractivity contribution >= 4 is 46.1 Å². The van der Waals surface area contributed by atoms with Crippen LogP contribution in [0.15, 0.2) is 23.7 Å². The van der Waals surface area contributed by atoms with Gasteiger partial charge in [-0.2, -0.15) is 0 Å². The third-order valence-corrected chi connectivity index (χ3v) is 4.42. The quantitative estimate of drug-likeness (QED) is 0.842. The number of aromatic nitrogens is 1. The Kier molecular flexibility index (Phi) is 4.86. The molecule has 2 rings (SSSR count). The Morgan fingerprint density at radius 3 is 2.65 bits per heavy atom. The number of benzene rings is 1. The van der Waals surface area contributed by atoms with Crippen LogP contribution in [-0.2, 0) is 0 Å². The zero-order chi connectivity index (χ0) is 14.7. The molecule has 2 aromatic rings. The fourth-order valence-corrected chi connectivity index (χ4v) is 2.81. The lowest BCUT2D eigenvalue weighted by Gasteiger charge is -2.11. The maximum absolute atomic E-state index is 12.0. The first-order chi connectivity index (χ1) is 9.49. The van der Waals surface area contributed by atoms with Crippen molar-refractivity contribution in [3.63, 3.8) is 0 Å². The zero-order valence-corrected chi connectivity index (χ0v) is 13.0. The average Bonchev–Trinajstić information content (AvgIpc) is 2.95. The molecule has 0 radical (unpaired) electrons. The molecule has 106 valence electrons. The minimum Gasteiger partial charge on any atom is -0.396 e. The van der Waals surface area contributed by atoms with Gasteiger partial charge in [-0.05, 0) is 12.1 Å². The summed E-state index contributed by atoms with van der Waals surface area (Å²) in [6.45, 7) is 2.49. The van der Waals surface area contributed by atoms with Crippen LogP contribution in [0.5, 0.6) is 0 Å². The minimum atomic E-state index is -0.239. The molecule has 1 atom stereocenters. The van der Waals surface area contributed by atoms with Gasteiger partial charge in [-0.25, -0.2) is 4.98 Å². The molecule has 0 bridgehead atoms. The van der Waals surface area contributed by atoms with Crippen molar-refractivity contribution in [1.82, 2.24) is 10.3 Å². The summed E-state index contributed by atoms with van der Waals surface area (Å²) in [5, 5.41) is 6.27. The van der Waals surface area contributed by atoms with Gasteiger partial charge >= 0.3 is 0 Å². The van der Waals surface area contributed by atoms with Crippen LogP contribution in [0, 0.1) is 0 Å². The number of carbonyl (C=O) groups excluding carboxylic acids is 1. The zero-order valence-electron chi connectivity index (χ0n) is 10.7. The second-order valence-electron chi connectivity index (χ2n) is 4.33. The molecule has 1 aromatic heterocycles. The number of rotatable bonds is 4. The van der Waals surface area contributed by atoms with Crippen LogP contribution < -0.4 is 11.1 Å². The van der Waals surface area contributed by atoms with Crippen molar-refractivity contribution in [3.05, 3.63) is 44.3 Å². The van der Waals surface area contributed by atoms with Gasteiger partial charge in [0.25, 0.3) is 5.91 Å². The van der Waals surface area contributed by atoms with E-state index >= 15 is 0 Å². The number of hydrogen-bond acceptors (Lipinski definition) is 4. The van der Waals surface area contributed by atoms with E-state index in [4.69, 9.17) is 28.9 Å². The van der Waals surface area contributed by atoms with E-state index in [1.54, 1.807) is 17.5 Å². The van der Waals surface area contributed by atoms with Crippen molar-refractivity contribution in [2.75, 3.05) is 12.3 Å². The highest BCUT2D eigenvalue weighted by atomic mass is 35.5. The van der Waals surface area contributed by atoms with Crippen LogP contribution in [0.1, 0.15) is 28.2 Å². The summed E-state index contributed by atoms with van der Waals surface area (Å²) in [5.41, 5.74) is 6.30. The van der Waals surface area contributed by atoms with E-state index in [0.717, 1.165) is 5.01 Å². The van der Waals surface area contributed by atoms with Crippen molar-refractivity contribution in [2.24, 2.45) is 0 Å². The fourth-order valence-electron chi connectivity index (χ4n) is 1.63. The number of halogens is 2. The van der Waals surface area contributed by atoms with Crippen LogP contribution in [0.3, 0.4) is 0 Å². The van der Waals surface area contributed by atoms with E-state index in [1.807, 2.05) is 12.3 Å². The number of nitrogen functional groups attached to an aromatic ring is 1. The van der Waals surface area contributed by atoms with Crippen LogP contribution >= 0.6 is 34.5 Å². The molecule has 1 aromatic carbocycles.